The number of hydrogen-bond acceptors (Lipinski definition) is 8. The Bertz CT molecular complexity index is 1470. The molecule has 1 aromatic carbocycles. The number of thioether (sulfide) groups is 1. The summed E-state index contributed by atoms with van der Waals surface area (Å²) >= 11 is 1.39. The zero-order chi connectivity index (χ0) is 20.8. The summed E-state index contributed by atoms with van der Waals surface area (Å²) in [6, 6.07) is 9.20. The van der Waals surface area contributed by atoms with Crippen molar-refractivity contribution in [2.45, 2.75) is 12.1 Å². The molecular weight excluding hydrogens is 404 g/mol. The van der Waals surface area contributed by atoms with Gasteiger partial charge in [-0.05, 0) is 31.4 Å². The van der Waals surface area contributed by atoms with E-state index in [0.717, 1.165) is 5.56 Å². The maximum Gasteiger partial charge on any atom is 0.269 e. The summed E-state index contributed by atoms with van der Waals surface area (Å²) in [5.74, 6) is 1.97. The van der Waals surface area contributed by atoms with E-state index in [2.05, 4.69) is 30.2 Å². The van der Waals surface area contributed by atoms with Gasteiger partial charge in [-0.3, -0.25) is 9.36 Å². The number of hydrogen-bond donors (Lipinski definition) is 1. The molecule has 30 heavy (non-hydrogen) atoms. The van der Waals surface area contributed by atoms with Gasteiger partial charge in [0.15, 0.2) is 0 Å². The number of fused-ring (bicyclic) bond motifs is 2. The van der Waals surface area contributed by atoms with Crippen LogP contribution in [0.5, 0.6) is 5.75 Å². The Balaban J connectivity index is 1.90. The highest BCUT2D eigenvalue weighted by Gasteiger charge is 2.19. The van der Waals surface area contributed by atoms with Gasteiger partial charge in [0.1, 0.15) is 11.6 Å². The monoisotopic (exact) mass is 420 g/mol. The summed E-state index contributed by atoms with van der Waals surface area (Å²) in [5, 5.41) is 12.3. The predicted molar refractivity (Wildman–Crippen MR) is 112 cm³/mol. The third kappa shape index (κ3) is 2.82. The molecule has 5 rings (SSSR count). The molecule has 5 aromatic rings. The van der Waals surface area contributed by atoms with Gasteiger partial charge in [0.05, 0.1) is 23.7 Å². The van der Waals surface area contributed by atoms with Crippen molar-refractivity contribution in [1.82, 2.24) is 39.3 Å². The average Bonchev–Trinajstić information content (AvgIpc) is 3.38. The number of nitrogens with zero attached hydrogens (tertiary/aromatic N) is 7. The molecule has 0 atom stereocenters. The van der Waals surface area contributed by atoms with Crippen LogP contribution in [-0.4, -0.2) is 52.7 Å². The van der Waals surface area contributed by atoms with E-state index in [0.29, 0.717) is 45.1 Å². The number of benzene rings is 1. The van der Waals surface area contributed by atoms with E-state index in [1.54, 1.807) is 30.8 Å². The molecule has 10 nitrogen and oxygen atoms in total. The maximum absolute atomic E-state index is 13.6. The third-order valence-electron chi connectivity index (χ3n) is 4.64. The van der Waals surface area contributed by atoms with Gasteiger partial charge < -0.3 is 4.74 Å². The number of aryl methyl sites for hydroxylation is 1. The zero-order valence-electron chi connectivity index (χ0n) is 16.3. The number of pyridine rings is 1. The molecule has 0 unspecified atom stereocenters. The minimum absolute atomic E-state index is 0.295. The lowest BCUT2D eigenvalue weighted by Gasteiger charge is -2.11. The molecule has 4 heterocycles. The first kappa shape index (κ1) is 18.3. The topological polar surface area (TPSA) is 116 Å². The van der Waals surface area contributed by atoms with Crippen LogP contribution < -0.4 is 10.3 Å². The van der Waals surface area contributed by atoms with Crippen LogP contribution in [0.4, 0.5) is 0 Å². The van der Waals surface area contributed by atoms with Crippen molar-refractivity contribution in [2.24, 2.45) is 0 Å². The van der Waals surface area contributed by atoms with Gasteiger partial charge in [-0.25, -0.2) is 10.1 Å². The molecule has 0 bridgehead atoms. The standard InChI is InChI=1S/C19H16N8O2S/c1-10-20-17-21-13-7-8-26(18-22-19(30-3)24-23-18)16(28)14(13)15(27(17)25-10)11-5-4-6-12(9-11)29-2/h4-9H,1-3H3,(H,22,23,24). The van der Waals surface area contributed by atoms with Crippen LogP contribution in [0, 0.1) is 6.92 Å². The summed E-state index contributed by atoms with van der Waals surface area (Å²) in [6.45, 7) is 1.78. The molecular formula is C19H16N8O2S. The number of H-pyrrole nitrogens is 1. The molecule has 0 spiro atoms. The van der Waals surface area contributed by atoms with E-state index in [4.69, 9.17) is 4.74 Å². The predicted octanol–water partition coefficient (Wildman–Crippen LogP) is 2.25. The molecule has 0 fully saturated rings. The van der Waals surface area contributed by atoms with Crippen LogP contribution in [0.25, 0.3) is 33.9 Å². The van der Waals surface area contributed by atoms with Crippen molar-refractivity contribution in [3.63, 3.8) is 0 Å². The lowest BCUT2D eigenvalue weighted by atomic mass is 10.1. The van der Waals surface area contributed by atoms with E-state index >= 15 is 0 Å². The summed E-state index contributed by atoms with van der Waals surface area (Å²) < 4.78 is 8.38. The molecule has 0 radical (unpaired) electrons. The highest BCUT2D eigenvalue weighted by Crippen LogP contribution is 2.29. The number of aromatic amines is 1. The summed E-state index contributed by atoms with van der Waals surface area (Å²) in [4.78, 5) is 26.8. The molecule has 11 heteroatoms. The zero-order valence-corrected chi connectivity index (χ0v) is 17.1. The number of nitrogens with one attached hydrogen (secondary N) is 1. The van der Waals surface area contributed by atoms with Gasteiger partial charge in [0, 0.05) is 11.8 Å². The van der Waals surface area contributed by atoms with Crippen molar-refractivity contribution in [2.75, 3.05) is 13.4 Å². The first-order valence-corrected chi connectivity index (χ1v) is 10.2. The SMILES string of the molecule is COc1cccc(-c2c3c(=O)n(-c4nc(SC)n[nH]4)ccc3nc3nc(C)nn23)c1. The molecule has 0 aliphatic heterocycles. The normalized spacial score (nSPS) is 11.4. The Morgan fingerprint density at radius 2 is 2.03 bits per heavy atom. The number of rotatable bonds is 4. The van der Waals surface area contributed by atoms with Gasteiger partial charge >= 0.3 is 0 Å². The van der Waals surface area contributed by atoms with Crippen LogP contribution in [0.2, 0.25) is 0 Å². The lowest BCUT2D eigenvalue weighted by molar-refractivity contribution is 0.415. The summed E-state index contributed by atoms with van der Waals surface area (Å²) in [6.07, 6.45) is 3.49. The Labute approximate surface area is 174 Å². The van der Waals surface area contributed by atoms with E-state index in [-0.39, 0.29) is 5.56 Å². The molecule has 150 valence electrons. The minimum atomic E-state index is -0.295. The van der Waals surface area contributed by atoms with Gasteiger partial charge in [0.2, 0.25) is 11.1 Å². The van der Waals surface area contributed by atoms with Gasteiger partial charge in [-0.2, -0.15) is 14.5 Å². The fourth-order valence-electron chi connectivity index (χ4n) is 3.32. The lowest BCUT2D eigenvalue weighted by Crippen LogP contribution is -2.21. The number of methoxy groups -OCH3 is 1. The third-order valence-corrected chi connectivity index (χ3v) is 5.19. The number of ether oxygens (including phenoxy) is 1. The number of aromatic nitrogens is 8. The Hall–Kier alpha value is -3.73. The first-order valence-electron chi connectivity index (χ1n) is 8.99. The minimum Gasteiger partial charge on any atom is -0.497 e. The second kappa shape index (κ2) is 6.95. The first-order chi connectivity index (χ1) is 14.6. The summed E-state index contributed by atoms with van der Waals surface area (Å²) in [7, 11) is 1.60. The fourth-order valence-corrected chi connectivity index (χ4v) is 3.64. The molecule has 0 amide bonds. The Morgan fingerprint density at radius 1 is 1.17 bits per heavy atom. The van der Waals surface area contributed by atoms with Gasteiger partial charge in [0.25, 0.3) is 11.3 Å². The highest BCUT2D eigenvalue weighted by atomic mass is 32.2. The van der Waals surface area contributed by atoms with Crippen LogP contribution in [0.15, 0.2) is 46.5 Å². The highest BCUT2D eigenvalue weighted by molar-refractivity contribution is 7.98. The van der Waals surface area contributed by atoms with E-state index in [1.807, 2.05) is 30.5 Å². The maximum atomic E-state index is 13.6. The second-order valence-electron chi connectivity index (χ2n) is 6.46. The van der Waals surface area contributed by atoms with Crippen LogP contribution >= 0.6 is 11.8 Å². The average molecular weight is 420 g/mol. The van der Waals surface area contributed by atoms with Crippen LogP contribution in [-0.2, 0) is 0 Å². The molecule has 4 aromatic heterocycles. The van der Waals surface area contributed by atoms with E-state index in [9.17, 15) is 4.79 Å². The molecule has 1 N–H and O–H groups in total. The van der Waals surface area contributed by atoms with Crippen molar-refractivity contribution in [1.29, 1.82) is 0 Å². The van der Waals surface area contributed by atoms with Gasteiger partial charge in [-0.15, -0.1) is 10.2 Å². The van der Waals surface area contributed by atoms with Crippen molar-refractivity contribution >= 4 is 28.4 Å². The quantitative estimate of drug-likeness (QED) is 0.440. The summed E-state index contributed by atoms with van der Waals surface area (Å²) in [5.41, 5.74) is 1.56. The van der Waals surface area contributed by atoms with E-state index in [1.165, 1.54) is 16.3 Å². The Morgan fingerprint density at radius 3 is 2.80 bits per heavy atom. The van der Waals surface area contributed by atoms with E-state index < -0.39 is 0 Å². The van der Waals surface area contributed by atoms with Crippen molar-refractivity contribution < 1.29 is 4.74 Å². The molecule has 0 aliphatic rings. The molecule has 0 saturated heterocycles. The molecule has 0 aliphatic carbocycles. The van der Waals surface area contributed by atoms with Crippen molar-refractivity contribution in [3.8, 4) is 23.0 Å². The van der Waals surface area contributed by atoms with Gasteiger partial charge in [-0.1, -0.05) is 23.9 Å². The largest absolute Gasteiger partial charge is 0.497 e. The molecule has 0 saturated carbocycles. The second-order valence-corrected chi connectivity index (χ2v) is 7.23. The smallest absolute Gasteiger partial charge is 0.269 e. The van der Waals surface area contributed by atoms with Crippen molar-refractivity contribution in [3.05, 3.63) is 52.7 Å². The Kier molecular flexibility index (Phi) is 4.24. The van der Waals surface area contributed by atoms with Crippen LogP contribution in [0.1, 0.15) is 5.82 Å². The van der Waals surface area contributed by atoms with Crippen LogP contribution in [0.3, 0.4) is 0 Å². The fraction of sp³-hybridized carbons (Fsp3) is 0.158.